The van der Waals surface area contributed by atoms with Gasteiger partial charge in [-0.25, -0.2) is 0 Å². The molecule has 0 fully saturated rings. The number of rotatable bonds is 8. The first-order chi connectivity index (χ1) is 12.0. The third-order valence-electron chi connectivity index (χ3n) is 3.79. The lowest BCUT2D eigenvalue weighted by atomic mass is 10.1. The molecule has 0 heterocycles. The fourth-order valence-electron chi connectivity index (χ4n) is 2.34. The van der Waals surface area contributed by atoms with Gasteiger partial charge in [0.05, 0.1) is 7.11 Å². The Labute approximate surface area is 147 Å². The van der Waals surface area contributed by atoms with Gasteiger partial charge in [-0.15, -0.1) is 0 Å². The molecular weight excluding hydrogens is 318 g/mol. The van der Waals surface area contributed by atoms with Crippen molar-refractivity contribution in [3.63, 3.8) is 0 Å². The number of ketones is 2. The summed E-state index contributed by atoms with van der Waals surface area (Å²) in [7, 11) is 1.57. The minimum absolute atomic E-state index is 0.00117. The summed E-state index contributed by atoms with van der Waals surface area (Å²) in [5, 5.41) is 2.76. The van der Waals surface area contributed by atoms with Gasteiger partial charge in [0.2, 0.25) is 5.91 Å². The summed E-state index contributed by atoms with van der Waals surface area (Å²) in [5.41, 5.74) is 1.85. The molecule has 0 spiro atoms. The predicted molar refractivity (Wildman–Crippen MR) is 96.3 cm³/mol. The molecule has 1 amide bonds. The number of hydrogen-bond acceptors (Lipinski definition) is 4. The number of ether oxygens (including phenoxy) is 1. The topological polar surface area (TPSA) is 72.5 Å². The molecule has 0 saturated carbocycles. The fourth-order valence-corrected chi connectivity index (χ4v) is 2.34. The van der Waals surface area contributed by atoms with E-state index in [1.165, 1.54) is 6.92 Å². The molecule has 0 radical (unpaired) electrons. The smallest absolute Gasteiger partial charge is 0.224 e. The van der Waals surface area contributed by atoms with Crippen LogP contribution in [0.15, 0.2) is 48.5 Å². The molecule has 2 rings (SSSR count). The second-order valence-electron chi connectivity index (χ2n) is 5.69. The first kappa shape index (κ1) is 18.4. The minimum Gasteiger partial charge on any atom is -0.497 e. The van der Waals surface area contributed by atoms with Gasteiger partial charge in [-0.05, 0) is 61.9 Å². The maximum atomic E-state index is 12.1. The van der Waals surface area contributed by atoms with E-state index < -0.39 is 0 Å². The lowest BCUT2D eigenvalue weighted by molar-refractivity contribution is -0.116. The number of carbonyl (C=O) groups excluding carboxylic acids is 3. The Balaban J connectivity index is 1.77. The van der Waals surface area contributed by atoms with Crippen molar-refractivity contribution in [1.29, 1.82) is 0 Å². The molecule has 0 aliphatic rings. The monoisotopic (exact) mass is 339 g/mol. The molecule has 130 valence electrons. The summed E-state index contributed by atoms with van der Waals surface area (Å²) in [6, 6.07) is 13.6. The zero-order valence-corrected chi connectivity index (χ0v) is 14.4. The summed E-state index contributed by atoms with van der Waals surface area (Å²) in [6.45, 7) is 1.49. The molecule has 2 aromatic rings. The molecule has 25 heavy (non-hydrogen) atoms. The second-order valence-corrected chi connectivity index (χ2v) is 5.69. The Kier molecular flexibility index (Phi) is 6.46. The molecule has 5 heteroatoms. The van der Waals surface area contributed by atoms with Gasteiger partial charge in [0, 0.05) is 29.7 Å². The Morgan fingerprint density at radius 2 is 1.48 bits per heavy atom. The van der Waals surface area contributed by atoms with E-state index in [1.807, 2.05) is 0 Å². The highest BCUT2D eigenvalue weighted by Crippen LogP contribution is 2.15. The first-order valence-electron chi connectivity index (χ1n) is 8.07. The van der Waals surface area contributed by atoms with Crippen molar-refractivity contribution >= 4 is 23.2 Å². The van der Waals surface area contributed by atoms with Gasteiger partial charge in [-0.3, -0.25) is 14.4 Å². The van der Waals surface area contributed by atoms with Crippen LogP contribution in [-0.4, -0.2) is 24.6 Å². The summed E-state index contributed by atoms with van der Waals surface area (Å²) >= 11 is 0. The van der Waals surface area contributed by atoms with Gasteiger partial charge in [-0.1, -0.05) is 0 Å². The molecule has 2 aromatic carbocycles. The molecule has 0 saturated heterocycles. The molecule has 0 aliphatic heterocycles. The number of methoxy groups -OCH3 is 1. The van der Waals surface area contributed by atoms with Crippen molar-refractivity contribution in [2.45, 2.75) is 26.2 Å². The number of carbonyl (C=O) groups is 3. The average Bonchev–Trinajstić information content (AvgIpc) is 2.62. The van der Waals surface area contributed by atoms with Crippen LogP contribution >= 0.6 is 0 Å². The summed E-state index contributed by atoms with van der Waals surface area (Å²) in [6.07, 6.45) is 1.04. The van der Waals surface area contributed by atoms with Crippen molar-refractivity contribution < 1.29 is 19.1 Å². The van der Waals surface area contributed by atoms with Gasteiger partial charge < -0.3 is 10.1 Å². The number of Topliss-reactive ketones (excluding diaryl/α,β-unsaturated/α-hetero) is 2. The molecule has 0 aromatic heterocycles. The van der Waals surface area contributed by atoms with Crippen LogP contribution in [0.4, 0.5) is 5.69 Å². The van der Waals surface area contributed by atoms with Crippen LogP contribution in [0.2, 0.25) is 0 Å². The van der Waals surface area contributed by atoms with Crippen molar-refractivity contribution in [2.75, 3.05) is 12.4 Å². The van der Waals surface area contributed by atoms with E-state index in [2.05, 4.69) is 5.32 Å². The van der Waals surface area contributed by atoms with Crippen molar-refractivity contribution in [1.82, 2.24) is 0 Å². The zero-order chi connectivity index (χ0) is 18.2. The Morgan fingerprint density at radius 1 is 0.880 bits per heavy atom. The quantitative estimate of drug-likeness (QED) is 0.741. The van der Waals surface area contributed by atoms with Crippen molar-refractivity contribution in [2.24, 2.45) is 0 Å². The number of nitrogens with one attached hydrogen (secondary N) is 1. The average molecular weight is 339 g/mol. The van der Waals surface area contributed by atoms with Crippen molar-refractivity contribution in [3.8, 4) is 5.75 Å². The van der Waals surface area contributed by atoms with Crippen LogP contribution < -0.4 is 10.1 Å². The molecule has 0 aliphatic carbocycles. The number of anilines is 1. The Hall–Kier alpha value is -2.95. The second kappa shape index (κ2) is 8.78. The highest BCUT2D eigenvalue weighted by atomic mass is 16.5. The third kappa shape index (κ3) is 5.57. The first-order valence-corrected chi connectivity index (χ1v) is 8.07. The van der Waals surface area contributed by atoms with Gasteiger partial charge >= 0.3 is 0 Å². The van der Waals surface area contributed by atoms with Crippen LogP contribution in [0.25, 0.3) is 0 Å². The summed E-state index contributed by atoms with van der Waals surface area (Å²) < 4.78 is 5.06. The highest BCUT2D eigenvalue weighted by Gasteiger charge is 2.09. The van der Waals surface area contributed by atoms with Gasteiger partial charge in [0.1, 0.15) is 5.75 Å². The van der Waals surface area contributed by atoms with E-state index in [0.717, 1.165) is 0 Å². The predicted octanol–water partition coefficient (Wildman–Crippen LogP) is 3.89. The number of amides is 1. The van der Waals surface area contributed by atoms with Crippen molar-refractivity contribution in [3.05, 3.63) is 59.7 Å². The van der Waals surface area contributed by atoms with E-state index in [9.17, 15) is 14.4 Å². The van der Waals surface area contributed by atoms with Crippen LogP contribution in [0, 0.1) is 0 Å². The van der Waals surface area contributed by atoms with Crippen LogP contribution in [-0.2, 0) is 4.79 Å². The van der Waals surface area contributed by atoms with E-state index in [1.54, 1.807) is 55.6 Å². The number of hydrogen-bond donors (Lipinski definition) is 1. The van der Waals surface area contributed by atoms with Gasteiger partial charge in [0.15, 0.2) is 11.6 Å². The van der Waals surface area contributed by atoms with Crippen LogP contribution in [0.1, 0.15) is 46.9 Å². The molecule has 5 nitrogen and oxygen atoms in total. The Morgan fingerprint density at radius 3 is 2.04 bits per heavy atom. The van der Waals surface area contributed by atoms with Gasteiger partial charge in [0.25, 0.3) is 0 Å². The van der Waals surface area contributed by atoms with Crippen LogP contribution in [0.5, 0.6) is 5.75 Å². The maximum absolute atomic E-state index is 12.1. The lowest BCUT2D eigenvalue weighted by Crippen LogP contribution is -2.12. The number of benzene rings is 2. The summed E-state index contributed by atoms with van der Waals surface area (Å²) in [4.78, 5) is 35.2. The molecule has 1 N–H and O–H groups in total. The molecule has 0 bridgehead atoms. The lowest BCUT2D eigenvalue weighted by Gasteiger charge is -2.06. The minimum atomic E-state index is -0.155. The standard InChI is InChI=1S/C20H21NO4/c1-14(22)15-6-10-17(11-7-15)21-20(24)5-3-4-19(23)16-8-12-18(25-2)13-9-16/h6-13H,3-5H2,1-2H3,(H,21,24). The van der Waals surface area contributed by atoms with E-state index in [4.69, 9.17) is 4.74 Å². The normalized spacial score (nSPS) is 10.2. The van der Waals surface area contributed by atoms with Gasteiger partial charge in [-0.2, -0.15) is 0 Å². The SMILES string of the molecule is COc1ccc(C(=O)CCCC(=O)Nc2ccc(C(C)=O)cc2)cc1. The molecular formula is C20H21NO4. The summed E-state index contributed by atoms with van der Waals surface area (Å²) in [5.74, 6) is 0.529. The maximum Gasteiger partial charge on any atom is 0.224 e. The fraction of sp³-hybridized carbons (Fsp3) is 0.250. The molecule has 0 unspecified atom stereocenters. The Bertz CT molecular complexity index is 748. The van der Waals surface area contributed by atoms with Crippen LogP contribution in [0.3, 0.4) is 0 Å². The molecule has 0 atom stereocenters. The van der Waals surface area contributed by atoms with E-state index in [0.29, 0.717) is 35.4 Å². The zero-order valence-electron chi connectivity index (χ0n) is 14.4. The highest BCUT2D eigenvalue weighted by molar-refractivity contribution is 5.97. The van der Waals surface area contributed by atoms with E-state index >= 15 is 0 Å². The largest absolute Gasteiger partial charge is 0.497 e. The van der Waals surface area contributed by atoms with E-state index in [-0.39, 0.29) is 23.9 Å². The third-order valence-corrected chi connectivity index (χ3v) is 3.79.